The van der Waals surface area contributed by atoms with Gasteiger partial charge in [-0.1, -0.05) is 0 Å². The molecule has 1 N–H and O–H groups in total. The van der Waals surface area contributed by atoms with Crippen molar-refractivity contribution in [3.05, 3.63) is 52.4 Å². The number of amides is 3. The van der Waals surface area contributed by atoms with Gasteiger partial charge in [-0.15, -0.1) is 0 Å². The maximum atomic E-state index is 13.6. The Morgan fingerprint density at radius 1 is 1.35 bits per heavy atom. The van der Waals surface area contributed by atoms with E-state index in [0.29, 0.717) is 55.8 Å². The van der Waals surface area contributed by atoms with Crippen molar-refractivity contribution in [3.63, 3.8) is 0 Å². The number of hydrogen-bond donors (Lipinski definition) is 1. The number of carbonyl (C=O) groups is 2. The average Bonchev–Trinajstić information content (AvgIpc) is 3.10. The Bertz CT molecular complexity index is 1140. The minimum absolute atomic E-state index is 0.0184. The number of benzene rings is 1. The van der Waals surface area contributed by atoms with Crippen molar-refractivity contribution >= 4 is 23.3 Å². The lowest BCUT2D eigenvalue weighted by Gasteiger charge is -2.27. The molecular formula is C23H25F3N6O2. The molecule has 0 unspecified atom stereocenters. The van der Waals surface area contributed by atoms with Gasteiger partial charge in [-0.2, -0.15) is 5.10 Å². The average molecular weight is 474 g/mol. The van der Waals surface area contributed by atoms with Gasteiger partial charge in [0.15, 0.2) is 0 Å². The lowest BCUT2D eigenvalue weighted by atomic mass is 10.0. The molecule has 34 heavy (non-hydrogen) atoms. The van der Waals surface area contributed by atoms with Crippen LogP contribution in [0, 0.1) is 18.3 Å². The topological polar surface area (TPSA) is 74.8 Å². The Hall–Kier alpha value is -3.55. The van der Waals surface area contributed by atoms with Crippen molar-refractivity contribution < 1.29 is 22.8 Å². The molecule has 0 saturated heterocycles. The maximum Gasteiger partial charge on any atom is 0.322 e. The van der Waals surface area contributed by atoms with Gasteiger partial charge in [0.1, 0.15) is 11.5 Å². The first kappa shape index (κ1) is 23.6. The third-order valence-electron chi connectivity index (χ3n) is 6.25. The Balaban J connectivity index is 1.50. The molecule has 8 nitrogen and oxygen atoms in total. The van der Waals surface area contributed by atoms with Gasteiger partial charge in [-0.3, -0.25) is 9.48 Å². The monoisotopic (exact) mass is 474 g/mol. The van der Waals surface area contributed by atoms with E-state index in [1.165, 1.54) is 12.1 Å². The summed E-state index contributed by atoms with van der Waals surface area (Å²) in [5.41, 5.74) is 2.00. The van der Waals surface area contributed by atoms with Gasteiger partial charge in [0, 0.05) is 50.8 Å². The fourth-order valence-corrected chi connectivity index (χ4v) is 4.55. The second-order valence-electron chi connectivity index (χ2n) is 8.71. The first-order chi connectivity index (χ1) is 16.3. The molecule has 1 atom stereocenters. The smallest absolute Gasteiger partial charge is 0.322 e. The predicted octanol–water partition coefficient (Wildman–Crippen LogP) is 4.30. The summed E-state index contributed by atoms with van der Waals surface area (Å²) in [5, 5.41) is 7.31. The van der Waals surface area contributed by atoms with Crippen molar-refractivity contribution in [2.45, 2.75) is 45.2 Å². The number of rotatable bonds is 5. The number of halogens is 3. The molecule has 0 spiro atoms. The number of carbonyl (C=O) groups excluding carboxylic acids is 2. The van der Waals surface area contributed by atoms with Crippen LogP contribution in [0.3, 0.4) is 0 Å². The number of aromatic nitrogens is 2. The first-order valence-corrected chi connectivity index (χ1v) is 11.1. The summed E-state index contributed by atoms with van der Waals surface area (Å²) in [4.78, 5) is 32.2. The number of fused-ring (bicyclic) bond motifs is 3. The Morgan fingerprint density at radius 3 is 2.88 bits per heavy atom. The van der Waals surface area contributed by atoms with Crippen LogP contribution in [0.1, 0.15) is 41.0 Å². The van der Waals surface area contributed by atoms with E-state index in [9.17, 15) is 22.8 Å². The second-order valence-corrected chi connectivity index (χ2v) is 8.71. The molecule has 0 bridgehead atoms. The number of hydrogen-bond acceptors (Lipinski definition) is 3. The van der Waals surface area contributed by atoms with Crippen LogP contribution in [0.15, 0.2) is 18.2 Å². The summed E-state index contributed by atoms with van der Waals surface area (Å²) < 4.78 is 40.3. The van der Waals surface area contributed by atoms with E-state index in [4.69, 9.17) is 6.57 Å². The largest absolute Gasteiger partial charge is 0.340 e. The van der Waals surface area contributed by atoms with Crippen LogP contribution in [-0.4, -0.2) is 58.1 Å². The summed E-state index contributed by atoms with van der Waals surface area (Å²) in [5.74, 6) is -0.842. The molecule has 3 amide bonds. The van der Waals surface area contributed by atoms with Crippen LogP contribution in [0.5, 0.6) is 0 Å². The summed E-state index contributed by atoms with van der Waals surface area (Å²) in [7, 11) is 1.69. The quantitative estimate of drug-likeness (QED) is 0.657. The van der Waals surface area contributed by atoms with Gasteiger partial charge in [0.2, 0.25) is 12.1 Å². The molecule has 1 aromatic carbocycles. The summed E-state index contributed by atoms with van der Waals surface area (Å²) in [6, 6.07) is 3.36. The Kier molecular flexibility index (Phi) is 6.77. The Morgan fingerprint density at radius 2 is 2.15 bits per heavy atom. The van der Waals surface area contributed by atoms with Crippen LogP contribution in [-0.2, 0) is 19.5 Å². The van der Waals surface area contributed by atoms with E-state index < -0.39 is 18.3 Å². The van der Waals surface area contributed by atoms with Crippen LogP contribution in [0.2, 0.25) is 0 Å². The number of nitrogens with one attached hydrogen (secondary N) is 1. The summed E-state index contributed by atoms with van der Waals surface area (Å²) in [6.07, 6.45) is -1.07. The molecular weight excluding hydrogens is 449 g/mol. The van der Waals surface area contributed by atoms with E-state index >= 15 is 0 Å². The standard InChI is InChI=1S/C23H25F3N6O2/c1-27-19-10-15(6-7-17(19)24)28-23(34)31-9-8-18-16(13-31)21-22(33)30(2)11-14(12-32(21)29-18)4-3-5-20(25)26/h6-7,10,14,20H,3-5,8-9,11-13H2,2H3,(H,28,34)/t14-/m1/s1. The Labute approximate surface area is 195 Å². The lowest BCUT2D eigenvalue weighted by molar-refractivity contribution is 0.0773. The van der Waals surface area contributed by atoms with E-state index in [1.807, 2.05) is 0 Å². The first-order valence-electron chi connectivity index (χ1n) is 11.1. The highest BCUT2D eigenvalue weighted by Crippen LogP contribution is 2.29. The van der Waals surface area contributed by atoms with E-state index in [1.54, 1.807) is 21.5 Å². The van der Waals surface area contributed by atoms with Crippen molar-refractivity contribution in [1.82, 2.24) is 19.6 Å². The number of nitrogens with zero attached hydrogens (tertiary/aromatic N) is 5. The van der Waals surface area contributed by atoms with Gasteiger partial charge >= 0.3 is 6.03 Å². The van der Waals surface area contributed by atoms with Crippen LogP contribution < -0.4 is 5.32 Å². The molecule has 4 rings (SSSR count). The van der Waals surface area contributed by atoms with Gasteiger partial charge in [0.25, 0.3) is 5.91 Å². The van der Waals surface area contributed by atoms with Crippen molar-refractivity contribution in [2.24, 2.45) is 5.92 Å². The molecule has 0 aliphatic carbocycles. The van der Waals surface area contributed by atoms with E-state index in [0.717, 1.165) is 11.8 Å². The van der Waals surface area contributed by atoms with Crippen LogP contribution in [0.4, 0.5) is 29.3 Å². The predicted molar refractivity (Wildman–Crippen MR) is 118 cm³/mol. The van der Waals surface area contributed by atoms with Crippen molar-refractivity contribution in [1.29, 1.82) is 0 Å². The highest BCUT2D eigenvalue weighted by molar-refractivity contribution is 5.95. The molecule has 0 fully saturated rings. The number of anilines is 1. The third-order valence-corrected chi connectivity index (χ3v) is 6.25. The molecule has 11 heteroatoms. The minimum atomic E-state index is -2.34. The second kappa shape index (κ2) is 9.75. The molecule has 2 aliphatic heterocycles. The van der Waals surface area contributed by atoms with Crippen LogP contribution >= 0.6 is 0 Å². The molecule has 2 aliphatic rings. The normalized spacial score (nSPS) is 17.8. The van der Waals surface area contributed by atoms with E-state index in [2.05, 4.69) is 15.3 Å². The van der Waals surface area contributed by atoms with Gasteiger partial charge in [-0.25, -0.2) is 22.8 Å². The lowest BCUT2D eigenvalue weighted by Crippen LogP contribution is -2.39. The number of alkyl halides is 2. The molecule has 1 aromatic heterocycles. The fourth-order valence-electron chi connectivity index (χ4n) is 4.55. The maximum absolute atomic E-state index is 13.6. The molecule has 0 saturated carbocycles. The molecule has 180 valence electrons. The van der Waals surface area contributed by atoms with Crippen LogP contribution in [0.25, 0.3) is 4.85 Å². The fraction of sp³-hybridized carbons (Fsp3) is 0.478. The minimum Gasteiger partial charge on any atom is -0.340 e. The van der Waals surface area contributed by atoms with Crippen molar-refractivity contribution in [3.8, 4) is 0 Å². The van der Waals surface area contributed by atoms with Gasteiger partial charge < -0.3 is 15.1 Å². The highest BCUT2D eigenvalue weighted by atomic mass is 19.3. The molecule has 3 heterocycles. The number of urea groups is 1. The van der Waals surface area contributed by atoms with Crippen molar-refractivity contribution in [2.75, 3.05) is 25.5 Å². The van der Waals surface area contributed by atoms with Gasteiger partial charge in [0.05, 0.1) is 18.8 Å². The zero-order valence-corrected chi connectivity index (χ0v) is 18.7. The molecule has 0 radical (unpaired) electrons. The zero-order valence-electron chi connectivity index (χ0n) is 18.7. The zero-order chi connectivity index (χ0) is 24.4. The summed E-state index contributed by atoms with van der Waals surface area (Å²) in [6.45, 7) is 8.50. The summed E-state index contributed by atoms with van der Waals surface area (Å²) >= 11 is 0. The highest BCUT2D eigenvalue weighted by Gasteiger charge is 2.34. The van der Waals surface area contributed by atoms with Gasteiger partial charge in [-0.05, 0) is 37.0 Å². The van der Waals surface area contributed by atoms with E-state index in [-0.39, 0.29) is 30.5 Å². The SMILES string of the molecule is [C-]#[N+]c1cc(NC(=O)N2CCc3nn4c(c3C2)C(=O)N(C)C[C@@H](CCCC(F)F)C4)ccc1F. The third kappa shape index (κ3) is 4.85. The molecule has 2 aromatic rings.